The van der Waals surface area contributed by atoms with E-state index in [0.29, 0.717) is 6.54 Å². The van der Waals surface area contributed by atoms with E-state index in [9.17, 15) is 0 Å². The lowest BCUT2D eigenvalue weighted by Crippen LogP contribution is -2.01. The van der Waals surface area contributed by atoms with Gasteiger partial charge in [0.15, 0.2) is 0 Å². The second-order valence-corrected chi connectivity index (χ2v) is 5.33. The summed E-state index contributed by atoms with van der Waals surface area (Å²) >= 11 is 1.70. The molecule has 0 atom stereocenters. The van der Waals surface area contributed by atoms with Gasteiger partial charge in [0, 0.05) is 19.7 Å². The molecule has 0 aliphatic rings. The predicted octanol–water partition coefficient (Wildman–Crippen LogP) is 2.20. The molecule has 0 fully saturated rings. The number of imidazole rings is 1. The fourth-order valence-corrected chi connectivity index (χ4v) is 2.90. The number of fused-ring (bicyclic) bond motifs is 1. The molecule has 0 spiro atoms. The molecule has 4 nitrogen and oxygen atoms in total. The van der Waals surface area contributed by atoms with Gasteiger partial charge in [-0.3, -0.25) is 0 Å². The molecule has 3 rings (SSSR count). The van der Waals surface area contributed by atoms with Crippen LogP contribution >= 0.6 is 11.3 Å². The highest BCUT2D eigenvalue weighted by Crippen LogP contribution is 2.28. The first-order valence-corrected chi connectivity index (χ1v) is 6.66. The zero-order chi connectivity index (χ0) is 12.5. The highest BCUT2D eigenvalue weighted by Gasteiger charge is 2.06. The Morgan fingerprint density at radius 3 is 3.06 bits per heavy atom. The van der Waals surface area contributed by atoms with Crippen molar-refractivity contribution in [2.24, 2.45) is 12.8 Å². The average molecular weight is 258 g/mol. The number of thiazole rings is 1. The molecule has 2 aromatic heterocycles. The fraction of sp³-hybridized carbons (Fsp3) is 0.231. The number of hydrogen-bond donors (Lipinski definition) is 1. The maximum Gasteiger partial charge on any atom is 0.0955 e. The quantitative estimate of drug-likeness (QED) is 0.783. The lowest BCUT2D eigenvalue weighted by Gasteiger charge is -1.98. The second kappa shape index (κ2) is 4.51. The number of nitrogens with zero attached hydrogens (tertiary/aromatic N) is 3. The van der Waals surface area contributed by atoms with Crippen molar-refractivity contribution in [1.82, 2.24) is 14.5 Å². The van der Waals surface area contributed by atoms with E-state index in [1.165, 1.54) is 10.4 Å². The lowest BCUT2D eigenvalue weighted by atomic mass is 10.2. The van der Waals surface area contributed by atoms with Crippen molar-refractivity contribution >= 4 is 22.4 Å². The number of rotatable bonds is 3. The molecule has 0 radical (unpaired) electrons. The number of aromatic nitrogens is 3. The highest BCUT2D eigenvalue weighted by atomic mass is 32.1. The molecule has 0 aliphatic carbocycles. The van der Waals surface area contributed by atoms with Gasteiger partial charge in [-0.05, 0) is 24.2 Å². The van der Waals surface area contributed by atoms with Crippen LogP contribution in [0.5, 0.6) is 0 Å². The van der Waals surface area contributed by atoms with E-state index in [4.69, 9.17) is 5.73 Å². The van der Waals surface area contributed by atoms with E-state index in [1.807, 2.05) is 24.1 Å². The maximum atomic E-state index is 5.54. The first-order valence-electron chi connectivity index (χ1n) is 5.84. The average Bonchev–Trinajstić information content (AvgIpc) is 2.97. The van der Waals surface area contributed by atoms with Crippen LogP contribution in [0.3, 0.4) is 0 Å². The molecule has 0 bridgehead atoms. The summed E-state index contributed by atoms with van der Waals surface area (Å²) in [7, 11) is 2.00. The van der Waals surface area contributed by atoms with Crippen LogP contribution in [-0.2, 0) is 13.5 Å². The molecule has 0 unspecified atom stereocenters. The zero-order valence-electron chi connectivity index (χ0n) is 10.1. The van der Waals surface area contributed by atoms with Crippen molar-refractivity contribution < 1.29 is 0 Å². The Bertz CT molecular complexity index is 683. The Balaban J connectivity index is 2.02. The number of aryl methyl sites for hydroxylation is 1. The minimum atomic E-state index is 0.645. The molecule has 5 heteroatoms. The van der Waals surface area contributed by atoms with E-state index in [1.54, 1.807) is 11.3 Å². The van der Waals surface area contributed by atoms with Crippen LogP contribution in [0.15, 0.2) is 30.7 Å². The monoisotopic (exact) mass is 258 g/mol. The normalized spacial score (nSPS) is 11.2. The molecular formula is C13H14N4S. The molecular weight excluding hydrogens is 244 g/mol. The van der Waals surface area contributed by atoms with Crippen molar-refractivity contribution in [3.05, 3.63) is 35.7 Å². The van der Waals surface area contributed by atoms with Crippen molar-refractivity contribution in [3.63, 3.8) is 0 Å². The molecule has 0 saturated heterocycles. The van der Waals surface area contributed by atoms with Crippen molar-refractivity contribution in [2.75, 3.05) is 6.54 Å². The lowest BCUT2D eigenvalue weighted by molar-refractivity contribution is 0.948. The third-order valence-corrected chi connectivity index (χ3v) is 4.03. The second-order valence-electron chi connectivity index (χ2n) is 4.22. The third kappa shape index (κ3) is 1.91. The molecule has 0 amide bonds. The van der Waals surface area contributed by atoms with Crippen molar-refractivity contribution in [2.45, 2.75) is 6.42 Å². The Morgan fingerprint density at radius 2 is 2.22 bits per heavy atom. The molecule has 2 heterocycles. The molecule has 18 heavy (non-hydrogen) atoms. The first kappa shape index (κ1) is 11.4. The Labute approximate surface area is 109 Å². The van der Waals surface area contributed by atoms with Crippen molar-refractivity contribution in [1.29, 1.82) is 0 Å². The summed E-state index contributed by atoms with van der Waals surface area (Å²) in [5.41, 5.74) is 8.87. The SMILES string of the molecule is Cn1cnc2cc(-c3cnc(CCN)s3)ccc21. The highest BCUT2D eigenvalue weighted by molar-refractivity contribution is 7.15. The molecule has 0 aliphatic heterocycles. The molecule has 3 aromatic rings. The minimum Gasteiger partial charge on any atom is -0.334 e. The largest absolute Gasteiger partial charge is 0.334 e. The topological polar surface area (TPSA) is 56.7 Å². The summed E-state index contributed by atoms with van der Waals surface area (Å²) in [6.07, 6.45) is 4.59. The molecule has 92 valence electrons. The van der Waals surface area contributed by atoms with Gasteiger partial charge in [0.05, 0.1) is 27.2 Å². The van der Waals surface area contributed by atoms with Gasteiger partial charge in [-0.2, -0.15) is 0 Å². The molecule has 2 N–H and O–H groups in total. The van der Waals surface area contributed by atoms with E-state index in [-0.39, 0.29) is 0 Å². The fourth-order valence-electron chi connectivity index (χ4n) is 1.97. The minimum absolute atomic E-state index is 0.645. The van der Waals surface area contributed by atoms with Crippen LogP contribution in [0, 0.1) is 0 Å². The van der Waals surface area contributed by atoms with Crippen LogP contribution in [0.1, 0.15) is 5.01 Å². The van der Waals surface area contributed by atoms with Gasteiger partial charge in [0.2, 0.25) is 0 Å². The molecule has 1 aromatic carbocycles. The maximum absolute atomic E-state index is 5.54. The van der Waals surface area contributed by atoms with E-state index < -0.39 is 0 Å². The van der Waals surface area contributed by atoms with E-state index >= 15 is 0 Å². The van der Waals surface area contributed by atoms with Crippen LogP contribution < -0.4 is 5.73 Å². The van der Waals surface area contributed by atoms with Gasteiger partial charge in [-0.1, -0.05) is 6.07 Å². The summed E-state index contributed by atoms with van der Waals surface area (Å²) < 4.78 is 2.02. The van der Waals surface area contributed by atoms with Crippen LogP contribution in [0.2, 0.25) is 0 Å². The summed E-state index contributed by atoms with van der Waals surface area (Å²) in [6, 6.07) is 6.32. The number of hydrogen-bond acceptors (Lipinski definition) is 4. The van der Waals surface area contributed by atoms with Crippen molar-refractivity contribution in [3.8, 4) is 10.4 Å². The Morgan fingerprint density at radius 1 is 1.33 bits per heavy atom. The van der Waals surface area contributed by atoms with Crippen LogP contribution in [0.4, 0.5) is 0 Å². The van der Waals surface area contributed by atoms with Gasteiger partial charge in [-0.15, -0.1) is 11.3 Å². The van der Waals surface area contributed by atoms with Gasteiger partial charge < -0.3 is 10.3 Å². The summed E-state index contributed by atoms with van der Waals surface area (Å²) in [6.45, 7) is 0.645. The Hall–Kier alpha value is -1.72. The van der Waals surface area contributed by atoms with Crippen LogP contribution in [0.25, 0.3) is 21.5 Å². The summed E-state index contributed by atoms with van der Waals surface area (Å²) in [4.78, 5) is 9.93. The predicted molar refractivity (Wildman–Crippen MR) is 74.6 cm³/mol. The number of nitrogens with two attached hydrogens (primary N) is 1. The standard InChI is InChI=1S/C13H14N4S/c1-17-8-16-10-6-9(2-3-11(10)17)12-7-15-13(18-12)4-5-14/h2-3,6-8H,4-5,14H2,1H3. The van der Waals surface area contributed by atoms with Gasteiger partial charge >= 0.3 is 0 Å². The number of benzene rings is 1. The van der Waals surface area contributed by atoms with Crippen LogP contribution in [-0.4, -0.2) is 21.1 Å². The summed E-state index contributed by atoms with van der Waals surface area (Å²) in [5, 5.41) is 1.09. The van der Waals surface area contributed by atoms with E-state index in [0.717, 1.165) is 22.5 Å². The smallest absolute Gasteiger partial charge is 0.0955 e. The van der Waals surface area contributed by atoms with Gasteiger partial charge in [-0.25, -0.2) is 9.97 Å². The van der Waals surface area contributed by atoms with E-state index in [2.05, 4.69) is 28.2 Å². The zero-order valence-corrected chi connectivity index (χ0v) is 10.9. The Kier molecular flexibility index (Phi) is 2.85. The molecule has 0 saturated carbocycles. The summed E-state index contributed by atoms with van der Waals surface area (Å²) in [5.74, 6) is 0. The third-order valence-electron chi connectivity index (χ3n) is 2.92. The first-order chi connectivity index (χ1) is 8.78. The van der Waals surface area contributed by atoms with Gasteiger partial charge in [0.25, 0.3) is 0 Å². The van der Waals surface area contributed by atoms with Gasteiger partial charge in [0.1, 0.15) is 0 Å².